The van der Waals surface area contributed by atoms with E-state index in [4.69, 9.17) is 24.4 Å². The monoisotopic (exact) mass is 736 g/mol. The fourth-order valence-corrected chi connectivity index (χ4v) is 9.37. The largest absolute Gasteiger partial charge is 0.497 e. The van der Waals surface area contributed by atoms with Crippen molar-refractivity contribution >= 4 is 50.0 Å². The molecule has 0 saturated heterocycles. The Balaban J connectivity index is 1.19. The number of nitrogens with zero attached hydrogens (tertiary/aromatic N) is 4. The van der Waals surface area contributed by atoms with Gasteiger partial charge in [0.1, 0.15) is 17.4 Å². The van der Waals surface area contributed by atoms with Gasteiger partial charge in [-0.2, -0.15) is 4.98 Å². The van der Waals surface area contributed by atoms with Crippen molar-refractivity contribution in [1.82, 2.24) is 29.9 Å². The first-order valence-electron chi connectivity index (χ1n) is 17.7. The summed E-state index contributed by atoms with van der Waals surface area (Å²) in [6.45, 7) is 4.68. The molecule has 15 heteroatoms. The first-order valence-corrected chi connectivity index (χ1v) is 20.1. The SMILES string of the molecule is COc1ccc2c(O[C@@H]3C[C@H]4C(=O)N[C@]5(C(=O)NS(=O)(=O)C6CC6)C[C@H]5C=CCCCCN(C)C(=O)[C@@H]4C3)nc(-c3nc(C(C)C)cs3)nc2c1. The van der Waals surface area contributed by atoms with Crippen molar-refractivity contribution in [2.75, 3.05) is 20.7 Å². The number of hydrogen-bond acceptors (Lipinski definition) is 11. The van der Waals surface area contributed by atoms with Crippen LogP contribution in [-0.2, 0) is 24.4 Å². The minimum atomic E-state index is -3.83. The van der Waals surface area contributed by atoms with Crippen LogP contribution in [0.5, 0.6) is 11.6 Å². The molecule has 51 heavy (non-hydrogen) atoms. The minimum absolute atomic E-state index is 0.169. The number of sulfonamides is 1. The number of thiazole rings is 1. The van der Waals surface area contributed by atoms with Crippen LogP contribution in [0.1, 0.15) is 76.8 Å². The van der Waals surface area contributed by atoms with Gasteiger partial charge >= 0.3 is 0 Å². The van der Waals surface area contributed by atoms with Gasteiger partial charge in [0.15, 0.2) is 10.8 Å². The van der Waals surface area contributed by atoms with Crippen LogP contribution < -0.4 is 19.5 Å². The zero-order chi connectivity index (χ0) is 36.1. The van der Waals surface area contributed by atoms with Gasteiger partial charge in [0, 0.05) is 31.0 Å². The molecule has 3 aliphatic carbocycles. The summed E-state index contributed by atoms with van der Waals surface area (Å²) in [5, 5.41) is 5.63. The lowest BCUT2D eigenvalue weighted by molar-refractivity contribution is -0.140. The highest BCUT2D eigenvalue weighted by Crippen LogP contribution is 2.47. The molecule has 2 aromatic heterocycles. The molecule has 0 bridgehead atoms. The number of nitrogens with one attached hydrogen (secondary N) is 2. The van der Waals surface area contributed by atoms with Crippen LogP contribution in [0.25, 0.3) is 21.7 Å². The molecule has 3 fully saturated rings. The zero-order valence-electron chi connectivity index (χ0n) is 29.3. The Morgan fingerprint density at radius 1 is 1.12 bits per heavy atom. The van der Waals surface area contributed by atoms with Crippen molar-refractivity contribution in [3.05, 3.63) is 41.4 Å². The maximum absolute atomic E-state index is 14.2. The molecule has 1 aromatic carbocycles. The lowest BCUT2D eigenvalue weighted by Gasteiger charge is -2.26. The number of benzene rings is 1. The molecule has 3 amide bonds. The first kappa shape index (κ1) is 35.3. The Kier molecular flexibility index (Phi) is 9.54. The number of methoxy groups -OCH3 is 1. The van der Waals surface area contributed by atoms with Gasteiger partial charge in [0.05, 0.1) is 40.8 Å². The number of carbonyl (C=O) groups excluding carboxylic acids is 3. The topological polar surface area (TPSA) is 170 Å². The van der Waals surface area contributed by atoms with E-state index in [0.717, 1.165) is 25.0 Å². The molecule has 3 aromatic rings. The van der Waals surface area contributed by atoms with Gasteiger partial charge in [0.2, 0.25) is 27.7 Å². The van der Waals surface area contributed by atoms with E-state index in [9.17, 15) is 22.8 Å². The van der Waals surface area contributed by atoms with E-state index in [1.807, 2.05) is 23.6 Å². The Morgan fingerprint density at radius 2 is 1.90 bits per heavy atom. The van der Waals surface area contributed by atoms with Crippen molar-refractivity contribution < 1.29 is 32.3 Å². The van der Waals surface area contributed by atoms with Gasteiger partial charge in [-0.3, -0.25) is 19.1 Å². The molecular weight excluding hydrogens is 693 g/mol. The average Bonchev–Trinajstić information content (AvgIpc) is 3.98. The first-order chi connectivity index (χ1) is 24.4. The van der Waals surface area contributed by atoms with E-state index in [2.05, 4.69) is 23.9 Å². The van der Waals surface area contributed by atoms with Gasteiger partial charge in [-0.15, -0.1) is 11.3 Å². The summed E-state index contributed by atoms with van der Waals surface area (Å²) in [6.07, 6.45) is 7.42. The number of aromatic nitrogens is 3. The van der Waals surface area contributed by atoms with Crippen LogP contribution in [0.3, 0.4) is 0 Å². The summed E-state index contributed by atoms with van der Waals surface area (Å²) < 4.78 is 39.8. The summed E-state index contributed by atoms with van der Waals surface area (Å²) in [7, 11) is -0.500. The molecule has 4 aliphatic rings. The summed E-state index contributed by atoms with van der Waals surface area (Å²) in [4.78, 5) is 57.8. The van der Waals surface area contributed by atoms with Crippen LogP contribution in [0.15, 0.2) is 35.7 Å². The number of amides is 3. The third-order valence-corrected chi connectivity index (χ3v) is 13.1. The highest BCUT2D eigenvalue weighted by molar-refractivity contribution is 7.91. The van der Waals surface area contributed by atoms with Crippen LogP contribution in [-0.4, -0.2) is 83.6 Å². The molecule has 3 saturated carbocycles. The number of rotatable bonds is 8. The maximum atomic E-state index is 14.2. The number of fused-ring (bicyclic) bond motifs is 3. The zero-order valence-corrected chi connectivity index (χ0v) is 30.9. The predicted octanol–water partition coefficient (Wildman–Crippen LogP) is 4.34. The van der Waals surface area contributed by atoms with Crippen molar-refractivity contribution in [3.8, 4) is 22.5 Å². The second-order valence-corrected chi connectivity index (χ2v) is 17.3. The van der Waals surface area contributed by atoms with E-state index < -0.39 is 50.6 Å². The summed E-state index contributed by atoms with van der Waals surface area (Å²) in [5.41, 5.74) is 0.127. The number of carbonyl (C=O) groups is 3. The van der Waals surface area contributed by atoms with Gasteiger partial charge in [0.25, 0.3) is 5.91 Å². The van der Waals surface area contributed by atoms with Crippen LogP contribution in [0.4, 0.5) is 0 Å². The van der Waals surface area contributed by atoms with Gasteiger partial charge in [-0.25, -0.2) is 18.4 Å². The van der Waals surface area contributed by atoms with Crippen molar-refractivity contribution in [3.63, 3.8) is 0 Å². The van der Waals surface area contributed by atoms with Crippen LogP contribution >= 0.6 is 11.3 Å². The Hall–Kier alpha value is -4.11. The molecule has 5 atom stereocenters. The third-order valence-electron chi connectivity index (χ3n) is 10.4. The van der Waals surface area contributed by atoms with Gasteiger partial charge in [-0.05, 0) is 69.4 Å². The maximum Gasteiger partial charge on any atom is 0.259 e. The molecule has 1 aliphatic heterocycles. The van der Waals surface area contributed by atoms with Crippen LogP contribution in [0, 0.1) is 17.8 Å². The molecular formula is C36H44N6O7S2. The van der Waals surface area contributed by atoms with Crippen LogP contribution in [0.2, 0.25) is 0 Å². The fourth-order valence-electron chi connectivity index (χ4n) is 7.10. The quantitative estimate of drug-likeness (QED) is 0.317. The van der Waals surface area contributed by atoms with Crippen molar-refractivity contribution in [2.45, 2.75) is 88.0 Å². The average molecular weight is 737 g/mol. The number of ether oxygens (including phenoxy) is 2. The lowest BCUT2D eigenvalue weighted by Crippen LogP contribution is -2.54. The van der Waals surface area contributed by atoms with Gasteiger partial charge in [-0.1, -0.05) is 26.0 Å². The van der Waals surface area contributed by atoms with Gasteiger partial charge < -0.3 is 19.7 Å². The summed E-state index contributed by atoms with van der Waals surface area (Å²) in [6, 6.07) is 5.42. The van der Waals surface area contributed by atoms with E-state index in [0.29, 0.717) is 52.8 Å². The molecule has 272 valence electrons. The smallest absolute Gasteiger partial charge is 0.259 e. The third kappa shape index (κ3) is 7.19. The number of allylic oxidation sites excluding steroid dienone is 1. The number of hydrogen-bond donors (Lipinski definition) is 2. The second-order valence-electron chi connectivity index (χ2n) is 14.5. The standard InChI is InChI=1S/C36H44N6O7S2/c1-20(2)29-19-50-33(38-29)30-37-28-17-22(48-4)10-13-25(28)32(39-30)49-23-15-26-27(16-23)34(44)42(3)14-8-6-5-7-9-21-18-36(21,40-31(26)43)35(45)41-51(46,47)24-11-12-24/h7,9-10,13,17,19-21,23-24,26-27H,5-6,8,11-12,14-16,18H2,1-4H3,(H,40,43)(H,41,45)/t21-,23-,26-,27-,36-/m1/s1. The Labute approximate surface area is 301 Å². The van der Waals surface area contributed by atoms with Crippen molar-refractivity contribution in [1.29, 1.82) is 0 Å². The van der Waals surface area contributed by atoms with E-state index >= 15 is 0 Å². The Bertz CT molecular complexity index is 1990. The fraction of sp³-hybridized carbons (Fsp3) is 0.556. The second kappa shape index (κ2) is 13.8. The molecule has 0 radical (unpaired) electrons. The normalized spacial score (nSPS) is 27.0. The van der Waals surface area contributed by atoms with E-state index in [-0.39, 0.29) is 37.0 Å². The van der Waals surface area contributed by atoms with E-state index in [1.54, 1.807) is 31.2 Å². The predicted molar refractivity (Wildman–Crippen MR) is 192 cm³/mol. The molecule has 0 spiro atoms. The van der Waals surface area contributed by atoms with E-state index in [1.165, 1.54) is 11.3 Å². The minimum Gasteiger partial charge on any atom is -0.497 e. The highest BCUT2D eigenvalue weighted by atomic mass is 32.2. The summed E-state index contributed by atoms with van der Waals surface area (Å²) >= 11 is 1.45. The molecule has 7 rings (SSSR count). The Morgan fingerprint density at radius 3 is 2.63 bits per heavy atom. The molecule has 0 unspecified atom stereocenters. The highest BCUT2D eigenvalue weighted by Gasteiger charge is 2.62. The van der Waals surface area contributed by atoms with Crippen molar-refractivity contribution in [2.24, 2.45) is 17.8 Å². The summed E-state index contributed by atoms with van der Waals surface area (Å²) in [5.74, 6) is -1.70. The molecule has 2 N–H and O–H groups in total. The molecule has 3 heterocycles. The lowest BCUT2D eigenvalue weighted by atomic mass is 9.93. The molecule has 13 nitrogen and oxygen atoms in total.